The lowest BCUT2D eigenvalue weighted by Gasteiger charge is -2.19. The molecule has 0 spiro atoms. The zero-order valence-electron chi connectivity index (χ0n) is 18.4. The molecule has 0 aliphatic rings. The predicted molar refractivity (Wildman–Crippen MR) is 140 cm³/mol. The molecular weight excluding hydrogens is 487 g/mol. The van der Waals surface area contributed by atoms with Crippen LogP contribution in [0.4, 0.5) is 11.4 Å². The lowest BCUT2D eigenvalue weighted by atomic mass is 10.2. The number of nitrogens with zero attached hydrogens (tertiary/aromatic N) is 3. The van der Waals surface area contributed by atoms with Crippen LogP contribution in [0.3, 0.4) is 0 Å². The van der Waals surface area contributed by atoms with Gasteiger partial charge in [-0.2, -0.15) is 0 Å². The highest BCUT2D eigenvalue weighted by molar-refractivity contribution is 6.36. The first-order chi connectivity index (χ1) is 16.9. The van der Waals surface area contributed by atoms with E-state index < -0.39 is 16.8 Å². The third-order valence-corrected chi connectivity index (χ3v) is 6.20. The van der Waals surface area contributed by atoms with Crippen molar-refractivity contribution in [1.29, 1.82) is 0 Å². The minimum Gasteiger partial charge on any atom is -0.353 e. The zero-order chi connectivity index (χ0) is 24.7. The highest BCUT2D eigenvalue weighted by atomic mass is 35.5. The molecule has 174 valence electrons. The molecule has 0 fully saturated rings. The molecule has 0 saturated heterocycles. The van der Waals surface area contributed by atoms with Gasteiger partial charge in [-0.1, -0.05) is 59.6 Å². The first-order valence-electron chi connectivity index (χ1n) is 10.6. The third-order valence-electron chi connectivity index (χ3n) is 5.65. The number of pyridine rings is 1. The lowest BCUT2D eigenvalue weighted by Crippen LogP contribution is -2.40. The number of halogens is 2. The van der Waals surface area contributed by atoms with Crippen molar-refractivity contribution in [3.63, 3.8) is 0 Å². The zero-order valence-corrected chi connectivity index (χ0v) is 19.9. The predicted octanol–water partition coefficient (Wildman–Crippen LogP) is 4.89. The molecule has 0 radical (unpaired) electrons. The number of hydrogen-bond acceptors (Lipinski definition) is 4. The van der Waals surface area contributed by atoms with Gasteiger partial charge < -0.3 is 5.32 Å². The van der Waals surface area contributed by atoms with E-state index in [0.29, 0.717) is 27.1 Å². The summed E-state index contributed by atoms with van der Waals surface area (Å²) < 4.78 is 3.74. The second kappa shape index (κ2) is 8.94. The topological polar surface area (TPSA) is 78.0 Å². The van der Waals surface area contributed by atoms with E-state index in [1.807, 2.05) is 6.07 Å². The molecule has 5 aromatic rings. The molecule has 0 atom stereocenters. The van der Waals surface area contributed by atoms with Crippen molar-refractivity contribution in [2.75, 3.05) is 5.32 Å². The van der Waals surface area contributed by atoms with Gasteiger partial charge in [0.2, 0.25) is 0 Å². The number of para-hydroxylation sites is 2. The van der Waals surface area contributed by atoms with Gasteiger partial charge in [0.05, 0.1) is 27.8 Å². The summed E-state index contributed by atoms with van der Waals surface area (Å²) in [4.78, 5) is 40.7. The maximum absolute atomic E-state index is 13.9. The summed E-state index contributed by atoms with van der Waals surface area (Å²) in [5.74, 6) is 0. The first kappa shape index (κ1) is 22.7. The van der Waals surface area contributed by atoms with Crippen molar-refractivity contribution in [2.45, 2.75) is 0 Å². The van der Waals surface area contributed by atoms with Crippen LogP contribution in [0.25, 0.3) is 22.4 Å². The number of aryl methyl sites for hydroxylation is 1. The van der Waals surface area contributed by atoms with Gasteiger partial charge >= 0.3 is 5.69 Å². The molecule has 0 unspecified atom stereocenters. The van der Waals surface area contributed by atoms with Crippen molar-refractivity contribution in [2.24, 2.45) is 7.05 Å². The number of rotatable bonds is 4. The highest BCUT2D eigenvalue weighted by Gasteiger charge is 2.22. The molecule has 0 aliphatic carbocycles. The van der Waals surface area contributed by atoms with Crippen LogP contribution in [-0.2, 0) is 7.05 Å². The van der Waals surface area contributed by atoms with Gasteiger partial charge in [-0.25, -0.2) is 13.9 Å². The van der Waals surface area contributed by atoms with Gasteiger partial charge in [-0.05, 0) is 42.5 Å². The van der Waals surface area contributed by atoms with Crippen LogP contribution in [-0.4, -0.2) is 13.7 Å². The van der Waals surface area contributed by atoms with Gasteiger partial charge in [0.15, 0.2) is 0 Å². The molecule has 3 aromatic carbocycles. The monoisotopic (exact) mass is 504 g/mol. The maximum Gasteiger partial charge on any atom is 0.341 e. The standard InChI is InChI=1S/C26H18Cl2N4O3/c1-30-22(33)15-21(29-20-13-12-16(27)14-19(20)28)23-24(30)31(17-8-4-2-5-9-17)26(35)32(25(23)34)18-10-6-3-7-11-18/h2-15,29H,1H3. The third kappa shape index (κ3) is 3.95. The van der Waals surface area contributed by atoms with Crippen LogP contribution in [0, 0.1) is 0 Å². The Hall–Kier alpha value is -4.07. The van der Waals surface area contributed by atoms with Crippen LogP contribution in [0.15, 0.2) is 99.3 Å². The van der Waals surface area contributed by atoms with Crippen molar-refractivity contribution in [3.05, 3.63) is 126 Å². The largest absolute Gasteiger partial charge is 0.353 e. The molecule has 0 saturated carbocycles. The van der Waals surface area contributed by atoms with Crippen molar-refractivity contribution >= 4 is 45.6 Å². The summed E-state index contributed by atoms with van der Waals surface area (Å²) in [6, 6.07) is 23.6. The number of aromatic nitrogens is 3. The van der Waals surface area contributed by atoms with Crippen molar-refractivity contribution < 1.29 is 0 Å². The van der Waals surface area contributed by atoms with Gasteiger partial charge in [-0.15, -0.1) is 0 Å². The van der Waals surface area contributed by atoms with E-state index in [-0.39, 0.29) is 16.7 Å². The first-order valence-corrected chi connectivity index (χ1v) is 11.4. The normalized spacial score (nSPS) is 11.1. The smallest absolute Gasteiger partial charge is 0.341 e. The Bertz CT molecular complexity index is 1760. The SMILES string of the molecule is Cn1c(=O)cc(Nc2ccc(Cl)cc2Cl)c2c(=O)n(-c3ccccc3)c(=O)n(-c3ccccc3)c21. The fourth-order valence-electron chi connectivity index (χ4n) is 4.00. The van der Waals surface area contributed by atoms with E-state index in [2.05, 4.69) is 5.32 Å². The lowest BCUT2D eigenvalue weighted by molar-refractivity contribution is 0.784. The number of benzene rings is 3. The van der Waals surface area contributed by atoms with Gasteiger partial charge in [-0.3, -0.25) is 14.2 Å². The van der Waals surface area contributed by atoms with Gasteiger partial charge in [0, 0.05) is 18.1 Å². The quantitative estimate of drug-likeness (QED) is 0.377. The van der Waals surface area contributed by atoms with Crippen molar-refractivity contribution in [3.8, 4) is 11.4 Å². The van der Waals surface area contributed by atoms with Gasteiger partial charge in [0.1, 0.15) is 11.0 Å². The minimum atomic E-state index is -0.600. The highest BCUT2D eigenvalue weighted by Crippen LogP contribution is 2.30. The number of nitrogens with one attached hydrogen (secondary N) is 1. The Labute approximate surface area is 209 Å². The molecule has 0 aliphatic heterocycles. The average Bonchev–Trinajstić information content (AvgIpc) is 2.85. The van der Waals surface area contributed by atoms with Crippen molar-refractivity contribution in [1.82, 2.24) is 13.7 Å². The van der Waals surface area contributed by atoms with Crippen LogP contribution in [0.1, 0.15) is 0 Å². The van der Waals surface area contributed by atoms with E-state index >= 15 is 0 Å². The molecule has 7 nitrogen and oxygen atoms in total. The minimum absolute atomic E-state index is 0.144. The summed E-state index contributed by atoms with van der Waals surface area (Å²) in [6.45, 7) is 0. The molecule has 2 aromatic heterocycles. The summed E-state index contributed by atoms with van der Waals surface area (Å²) in [7, 11) is 1.52. The Morgan fingerprint density at radius 1 is 0.714 bits per heavy atom. The maximum atomic E-state index is 13.9. The number of anilines is 2. The molecule has 0 amide bonds. The summed E-state index contributed by atoms with van der Waals surface area (Å²) in [5.41, 5.74) is 0.135. The molecule has 9 heteroatoms. The van der Waals surface area contributed by atoms with Crippen LogP contribution in [0.2, 0.25) is 10.0 Å². The molecule has 1 N–H and O–H groups in total. The molecule has 2 heterocycles. The second-order valence-electron chi connectivity index (χ2n) is 7.83. The summed E-state index contributed by atoms with van der Waals surface area (Å²) >= 11 is 12.4. The Kier molecular flexibility index (Phi) is 5.80. The molecule has 35 heavy (non-hydrogen) atoms. The number of hydrogen-bond donors (Lipinski definition) is 1. The van der Waals surface area contributed by atoms with E-state index in [4.69, 9.17) is 23.2 Å². The van der Waals surface area contributed by atoms with E-state index in [9.17, 15) is 14.4 Å². The van der Waals surface area contributed by atoms with E-state index in [0.717, 1.165) is 4.57 Å². The molecule has 0 bridgehead atoms. The number of fused-ring (bicyclic) bond motifs is 1. The van der Waals surface area contributed by atoms with E-state index in [1.54, 1.807) is 72.8 Å². The Morgan fingerprint density at radius 2 is 1.31 bits per heavy atom. The second-order valence-corrected chi connectivity index (χ2v) is 8.68. The Morgan fingerprint density at radius 3 is 1.91 bits per heavy atom. The Balaban J connectivity index is 1.95. The average molecular weight is 505 g/mol. The summed E-state index contributed by atoms with van der Waals surface area (Å²) in [6.07, 6.45) is 0. The van der Waals surface area contributed by atoms with Crippen LogP contribution < -0.4 is 22.1 Å². The molecule has 5 rings (SSSR count). The fraction of sp³-hybridized carbons (Fsp3) is 0.0385. The van der Waals surface area contributed by atoms with Gasteiger partial charge in [0.25, 0.3) is 11.1 Å². The molecular formula is C26H18Cl2N4O3. The summed E-state index contributed by atoms with van der Waals surface area (Å²) in [5, 5.41) is 3.99. The van der Waals surface area contributed by atoms with E-state index in [1.165, 1.54) is 22.2 Å². The van der Waals surface area contributed by atoms with Crippen LogP contribution >= 0.6 is 23.2 Å². The fourth-order valence-corrected chi connectivity index (χ4v) is 4.45. The van der Waals surface area contributed by atoms with Crippen LogP contribution in [0.5, 0.6) is 0 Å².